The van der Waals surface area contributed by atoms with Gasteiger partial charge in [-0.1, -0.05) is 19.4 Å². The highest BCUT2D eigenvalue weighted by atomic mass is 16.3. The Bertz CT molecular complexity index is 97.1. The van der Waals surface area contributed by atoms with Gasteiger partial charge in [0.05, 0.1) is 6.10 Å². The fourth-order valence-electron chi connectivity index (χ4n) is 0.566. The molecule has 0 aliphatic rings. The monoisotopic (exact) mass is 128 g/mol. The van der Waals surface area contributed by atoms with Gasteiger partial charge < -0.3 is 5.11 Å². The number of hydrogen-bond donors (Lipinski definition) is 1. The van der Waals surface area contributed by atoms with Crippen LogP contribution in [0.15, 0.2) is 12.2 Å². The van der Waals surface area contributed by atoms with Crippen LogP contribution in [0.3, 0.4) is 0 Å². The van der Waals surface area contributed by atoms with E-state index in [0.29, 0.717) is 6.29 Å². The average molecular weight is 128 g/mol. The van der Waals surface area contributed by atoms with Crippen molar-refractivity contribution >= 4 is 6.29 Å². The van der Waals surface area contributed by atoms with E-state index in [1.165, 1.54) is 12.2 Å². The maximum atomic E-state index is 9.72. The lowest BCUT2D eigenvalue weighted by molar-refractivity contribution is -0.104. The number of aliphatic hydroxyl groups is 1. The van der Waals surface area contributed by atoms with Crippen molar-refractivity contribution in [2.24, 2.45) is 0 Å². The van der Waals surface area contributed by atoms with Crippen molar-refractivity contribution in [2.75, 3.05) is 0 Å². The normalized spacial score (nSPS) is 14.0. The van der Waals surface area contributed by atoms with E-state index in [0.717, 1.165) is 12.8 Å². The highest BCUT2D eigenvalue weighted by Crippen LogP contribution is 1.95. The maximum absolute atomic E-state index is 9.72. The number of aldehydes is 1. The molecule has 0 radical (unpaired) electrons. The van der Waals surface area contributed by atoms with Gasteiger partial charge >= 0.3 is 0 Å². The molecule has 2 nitrogen and oxygen atoms in total. The van der Waals surface area contributed by atoms with Crippen molar-refractivity contribution in [3.8, 4) is 0 Å². The predicted octanol–water partition coefficient (Wildman–Crippen LogP) is 0.902. The summed E-state index contributed by atoms with van der Waals surface area (Å²) < 4.78 is 0. The maximum Gasteiger partial charge on any atom is 0.142 e. The number of hydrogen-bond acceptors (Lipinski definition) is 2. The average Bonchev–Trinajstić information content (AvgIpc) is 1.85. The lowest BCUT2D eigenvalue weighted by atomic mass is 10.2. The van der Waals surface area contributed by atoms with Gasteiger partial charge in [-0.3, -0.25) is 4.79 Å². The number of carbonyl (C=O) groups excluding carboxylic acids is 1. The van der Waals surface area contributed by atoms with Crippen molar-refractivity contribution in [3.63, 3.8) is 0 Å². The van der Waals surface area contributed by atoms with Crippen LogP contribution < -0.4 is 0 Å². The van der Waals surface area contributed by atoms with E-state index < -0.39 is 6.10 Å². The smallest absolute Gasteiger partial charge is 0.142 e. The summed E-state index contributed by atoms with van der Waals surface area (Å²) in [5, 5.41) is 8.93. The molecule has 52 valence electrons. The van der Waals surface area contributed by atoms with Crippen molar-refractivity contribution in [1.29, 1.82) is 0 Å². The summed E-state index contributed by atoms with van der Waals surface area (Å²) in [7, 11) is 0. The molecule has 0 fully saturated rings. The molecule has 1 unspecified atom stereocenters. The zero-order valence-electron chi connectivity index (χ0n) is 5.58. The van der Waals surface area contributed by atoms with Gasteiger partial charge in [0.25, 0.3) is 0 Å². The van der Waals surface area contributed by atoms with E-state index in [1.54, 1.807) is 0 Å². The van der Waals surface area contributed by atoms with Gasteiger partial charge in [-0.25, -0.2) is 0 Å². The molecule has 0 saturated carbocycles. The molecule has 1 N–H and O–H groups in total. The van der Waals surface area contributed by atoms with E-state index in [-0.39, 0.29) is 0 Å². The molecule has 1 atom stereocenters. The lowest BCUT2D eigenvalue weighted by Gasteiger charge is -1.98. The van der Waals surface area contributed by atoms with Crippen LogP contribution in [0, 0.1) is 0 Å². The molecule has 2 heteroatoms. The van der Waals surface area contributed by atoms with Crippen LogP contribution in [0.1, 0.15) is 19.8 Å². The van der Waals surface area contributed by atoms with Crippen molar-refractivity contribution in [2.45, 2.75) is 25.9 Å². The summed E-state index contributed by atoms with van der Waals surface area (Å²) in [6.07, 6.45) is 4.70. The zero-order chi connectivity index (χ0) is 7.11. The fourth-order valence-corrected chi connectivity index (χ4v) is 0.566. The molecular weight excluding hydrogens is 116 g/mol. The molecule has 9 heavy (non-hydrogen) atoms. The molecule has 0 aromatic carbocycles. The second kappa shape index (κ2) is 5.51. The zero-order valence-corrected chi connectivity index (χ0v) is 5.58. The van der Waals surface area contributed by atoms with Crippen LogP contribution in [0.4, 0.5) is 0 Å². The Morgan fingerprint density at radius 3 is 2.78 bits per heavy atom. The Morgan fingerprint density at radius 2 is 2.33 bits per heavy atom. The number of carbonyl (C=O) groups is 1. The SMILES string of the molecule is CCCC(O)/C=C/C=O. The molecule has 0 aliphatic carbocycles. The van der Waals surface area contributed by atoms with Crippen LogP contribution in [-0.2, 0) is 4.79 Å². The van der Waals surface area contributed by atoms with E-state index >= 15 is 0 Å². The molecule has 0 spiro atoms. The van der Waals surface area contributed by atoms with Crippen molar-refractivity contribution < 1.29 is 9.90 Å². The summed E-state index contributed by atoms with van der Waals surface area (Å²) in [4.78, 5) is 9.72. The Balaban J connectivity index is 3.35. The van der Waals surface area contributed by atoms with Gasteiger partial charge in [0, 0.05) is 0 Å². The first-order valence-electron chi connectivity index (χ1n) is 3.11. The molecular formula is C7H12O2. The Hall–Kier alpha value is -0.630. The first kappa shape index (κ1) is 8.37. The Morgan fingerprint density at radius 1 is 1.67 bits per heavy atom. The molecule has 0 aliphatic heterocycles. The molecule has 0 rings (SSSR count). The van der Waals surface area contributed by atoms with E-state index in [4.69, 9.17) is 5.11 Å². The van der Waals surface area contributed by atoms with Crippen molar-refractivity contribution in [3.05, 3.63) is 12.2 Å². The number of aliphatic hydroxyl groups excluding tert-OH is 1. The van der Waals surface area contributed by atoms with Crippen molar-refractivity contribution in [1.82, 2.24) is 0 Å². The van der Waals surface area contributed by atoms with Crippen LogP contribution in [0.25, 0.3) is 0 Å². The largest absolute Gasteiger partial charge is 0.389 e. The molecule has 0 aromatic heterocycles. The summed E-state index contributed by atoms with van der Waals surface area (Å²) in [6.45, 7) is 1.98. The third kappa shape index (κ3) is 5.24. The van der Waals surface area contributed by atoms with Crippen LogP contribution in [0.5, 0.6) is 0 Å². The predicted molar refractivity (Wildman–Crippen MR) is 36.1 cm³/mol. The minimum atomic E-state index is -0.444. The Kier molecular flexibility index (Phi) is 5.12. The quantitative estimate of drug-likeness (QED) is 0.451. The number of rotatable bonds is 4. The van der Waals surface area contributed by atoms with E-state index in [9.17, 15) is 4.79 Å². The second-order valence-electron chi connectivity index (χ2n) is 1.88. The Labute approximate surface area is 55.2 Å². The first-order chi connectivity index (χ1) is 4.31. The molecule has 0 bridgehead atoms. The number of allylic oxidation sites excluding steroid dienone is 1. The second-order valence-corrected chi connectivity index (χ2v) is 1.88. The minimum absolute atomic E-state index is 0.444. The fraction of sp³-hybridized carbons (Fsp3) is 0.571. The van der Waals surface area contributed by atoms with Crippen LogP contribution in [-0.4, -0.2) is 17.5 Å². The molecule has 0 saturated heterocycles. The highest BCUT2D eigenvalue weighted by molar-refractivity contribution is 5.64. The summed E-state index contributed by atoms with van der Waals surface area (Å²) in [5.41, 5.74) is 0. The van der Waals surface area contributed by atoms with Gasteiger partial charge in [0.1, 0.15) is 6.29 Å². The lowest BCUT2D eigenvalue weighted by Crippen LogP contribution is -1.99. The summed E-state index contributed by atoms with van der Waals surface area (Å²) >= 11 is 0. The van der Waals surface area contributed by atoms with E-state index in [1.807, 2.05) is 6.92 Å². The molecule has 0 amide bonds. The van der Waals surface area contributed by atoms with Crippen LogP contribution >= 0.6 is 0 Å². The molecule has 0 aromatic rings. The third-order valence-corrected chi connectivity index (χ3v) is 0.996. The van der Waals surface area contributed by atoms with Gasteiger partial charge in [0.15, 0.2) is 0 Å². The summed E-state index contributed by atoms with van der Waals surface area (Å²) in [6, 6.07) is 0. The van der Waals surface area contributed by atoms with Gasteiger partial charge in [-0.2, -0.15) is 0 Å². The van der Waals surface area contributed by atoms with Crippen LogP contribution in [0.2, 0.25) is 0 Å². The first-order valence-corrected chi connectivity index (χ1v) is 3.11. The van der Waals surface area contributed by atoms with Gasteiger partial charge in [0.2, 0.25) is 0 Å². The topological polar surface area (TPSA) is 37.3 Å². The van der Waals surface area contributed by atoms with Gasteiger partial charge in [-0.05, 0) is 12.5 Å². The highest BCUT2D eigenvalue weighted by Gasteiger charge is 1.93. The molecule has 0 heterocycles. The minimum Gasteiger partial charge on any atom is -0.389 e. The third-order valence-electron chi connectivity index (χ3n) is 0.996. The van der Waals surface area contributed by atoms with Gasteiger partial charge in [-0.15, -0.1) is 0 Å². The summed E-state index contributed by atoms with van der Waals surface area (Å²) in [5.74, 6) is 0. The standard InChI is InChI=1S/C7H12O2/c1-2-4-7(9)5-3-6-8/h3,5-7,9H,2,4H2,1H3/b5-3+. The van der Waals surface area contributed by atoms with E-state index in [2.05, 4.69) is 0 Å².